The van der Waals surface area contributed by atoms with Gasteiger partial charge >= 0.3 is 0 Å². The number of ether oxygens (including phenoxy) is 1. The van der Waals surface area contributed by atoms with Gasteiger partial charge in [0.2, 0.25) is 0 Å². The molecule has 0 aliphatic carbocycles. The van der Waals surface area contributed by atoms with E-state index in [1.54, 1.807) is 6.07 Å². The minimum atomic E-state index is -0.212. The third-order valence-electron chi connectivity index (χ3n) is 4.26. The number of rotatable bonds is 6. The summed E-state index contributed by atoms with van der Waals surface area (Å²) in [6, 6.07) is 9.84. The molecule has 25 heavy (non-hydrogen) atoms. The van der Waals surface area contributed by atoms with Gasteiger partial charge in [0, 0.05) is 24.9 Å². The van der Waals surface area contributed by atoms with Crippen LogP contribution in [0.25, 0.3) is 0 Å². The van der Waals surface area contributed by atoms with Crippen molar-refractivity contribution in [3.05, 3.63) is 47.9 Å². The number of carbonyl (C=O) groups excluding carboxylic acids is 1. The van der Waals surface area contributed by atoms with Crippen molar-refractivity contribution in [2.24, 2.45) is 0 Å². The SMILES string of the molecule is CC(C)c1ccc(Nc2cc(C(=O)NCC3CCCO3)ncn2)cc1. The largest absolute Gasteiger partial charge is 0.376 e. The molecular formula is C19H24N4O2. The summed E-state index contributed by atoms with van der Waals surface area (Å²) >= 11 is 0. The van der Waals surface area contributed by atoms with E-state index in [-0.39, 0.29) is 12.0 Å². The highest BCUT2D eigenvalue weighted by molar-refractivity contribution is 5.93. The summed E-state index contributed by atoms with van der Waals surface area (Å²) in [4.78, 5) is 20.5. The Morgan fingerprint density at radius 3 is 2.76 bits per heavy atom. The molecule has 1 unspecified atom stereocenters. The Morgan fingerprint density at radius 1 is 1.28 bits per heavy atom. The van der Waals surface area contributed by atoms with Crippen LogP contribution in [-0.4, -0.2) is 35.1 Å². The molecule has 0 spiro atoms. The summed E-state index contributed by atoms with van der Waals surface area (Å²) in [6.07, 6.45) is 3.55. The van der Waals surface area contributed by atoms with Crippen molar-refractivity contribution in [2.75, 3.05) is 18.5 Å². The molecule has 1 saturated heterocycles. The summed E-state index contributed by atoms with van der Waals surface area (Å²) in [5.41, 5.74) is 2.55. The maximum atomic E-state index is 12.2. The molecule has 1 atom stereocenters. The molecule has 1 fully saturated rings. The lowest BCUT2D eigenvalue weighted by atomic mass is 10.0. The van der Waals surface area contributed by atoms with Gasteiger partial charge in [-0.1, -0.05) is 26.0 Å². The standard InChI is InChI=1S/C19H24N4O2/c1-13(2)14-5-7-15(8-6-14)23-18-10-17(21-12-22-18)19(24)20-11-16-4-3-9-25-16/h5-8,10,12-13,16H,3-4,9,11H2,1-2H3,(H,20,24)(H,21,22,23). The van der Waals surface area contributed by atoms with Crippen LogP contribution in [0.3, 0.4) is 0 Å². The topological polar surface area (TPSA) is 76.1 Å². The van der Waals surface area contributed by atoms with Gasteiger partial charge in [0.25, 0.3) is 5.91 Å². The van der Waals surface area contributed by atoms with E-state index in [1.807, 2.05) is 12.1 Å². The Balaban J connectivity index is 1.61. The zero-order valence-corrected chi connectivity index (χ0v) is 14.7. The molecule has 132 valence electrons. The number of nitrogens with one attached hydrogen (secondary N) is 2. The number of amides is 1. The van der Waals surface area contributed by atoms with Crippen LogP contribution in [0.2, 0.25) is 0 Å². The molecule has 1 aliphatic heterocycles. The van der Waals surface area contributed by atoms with Crippen molar-refractivity contribution >= 4 is 17.4 Å². The van der Waals surface area contributed by atoms with Crippen LogP contribution in [0.4, 0.5) is 11.5 Å². The first-order valence-corrected chi connectivity index (χ1v) is 8.70. The molecule has 1 aromatic heterocycles. The lowest BCUT2D eigenvalue weighted by molar-refractivity contribution is 0.0853. The maximum absolute atomic E-state index is 12.2. The first kappa shape index (κ1) is 17.4. The number of hydrogen-bond donors (Lipinski definition) is 2. The Bertz CT molecular complexity index is 710. The average molecular weight is 340 g/mol. The summed E-state index contributed by atoms with van der Waals surface area (Å²) in [6.45, 7) is 5.61. The number of hydrogen-bond acceptors (Lipinski definition) is 5. The molecular weight excluding hydrogens is 316 g/mol. The molecule has 2 N–H and O–H groups in total. The first-order valence-electron chi connectivity index (χ1n) is 8.70. The zero-order chi connectivity index (χ0) is 17.6. The number of aromatic nitrogens is 2. The molecule has 0 bridgehead atoms. The van der Waals surface area contributed by atoms with Crippen LogP contribution in [0.1, 0.15) is 48.7 Å². The van der Waals surface area contributed by atoms with Gasteiger partial charge in [-0.25, -0.2) is 9.97 Å². The fraction of sp³-hybridized carbons (Fsp3) is 0.421. The molecule has 1 aromatic carbocycles. The number of nitrogens with zero attached hydrogens (tertiary/aromatic N) is 2. The van der Waals surface area contributed by atoms with Crippen LogP contribution >= 0.6 is 0 Å². The second-order valence-electron chi connectivity index (χ2n) is 6.54. The van der Waals surface area contributed by atoms with E-state index in [9.17, 15) is 4.79 Å². The molecule has 2 aromatic rings. The summed E-state index contributed by atoms with van der Waals surface area (Å²) < 4.78 is 5.51. The van der Waals surface area contributed by atoms with Gasteiger partial charge in [-0.05, 0) is 36.5 Å². The molecule has 1 aliphatic rings. The van der Waals surface area contributed by atoms with Gasteiger partial charge in [0.1, 0.15) is 17.8 Å². The average Bonchev–Trinajstić information content (AvgIpc) is 3.14. The quantitative estimate of drug-likeness (QED) is 0.844. The van der Waals surface area contributed by atoms with E-state index in [4.69, 9.17) is 4.74 Å². The van der Waals surface area contributed by atoms with Crippen molar-refractivity contribution in [3.63, 3.8) is 0 Å². The Morgan fingerprint density at radius 2 is 2.08 bits per heavy atom. The highest BCUT2D eigenvalue weighted by Crippen LogP contribution is 2.19. The Kier molecular flexibility index (Phi) is 5.60. The fourth-order valence-corrected chi connectivity index (χ4v) is 2.75. The lowest BCUT2D eigenvalue weighted by Crippen LogP contribution is -2.32. The van der Waals surface area contributed by atoms with Crippen LogP contribution in [-0.2, 0) is 4.74 Å². The fourth-order valence-electron chi connectivity index (χ4n) is 2.75. The van der Waals surface area contributed by atoms with Crippen molar-refractivity contribution in [2.45, 2.75) is 38.7 Å². The summed E-state index contributed by atoms with van der Waals surface area (Å²) in [5, 5.41) is 6.08. The van der Waals surface area contributed by atoms with E-state index in [2.05, 4.69) is 46.6 Å². The number of anilines is 2. The van der Waals surface area contributed by atoms with Gasteiger partial charge in [0.15, 0.2) is 0 Å². The molecule has 2 heterocycles. The molecule has 3 rings (SSSR count). The first-order chi connectivity index (χ1) is 12.1. The predicted molar refractivity (Wildman–Crippen MR) is 97.2 cm³/mol. The van der Waals surface area contributed by atoms with Gasteiger partial charge in [0.05, 0.1) is 6.10 Å². The molecule has 1 amide bonds. The summed E-state index contributed by atoms with van der Waals surface area (Å²) in [5.74, 6) is 0.873. The minimum absolute atomic E-state index is 0.114. The molecule has 0 radical (unpaired) electrons. The van der Waals surface area contributed by atoms with Crippen molar-refractivity contribution in [3.8, 4) is 0 Å². The monoisotopic (exact) mass is 340 g/mol. The smallest absolute Gasteiger partial charge is 0.270 e. The van der Waals surface area contributed by atoms with Gasteiger partial charge in [-0.2, -0.15) is 0 Å². The van der Waals surface area contributed by atoms with Gasteiger partial charge in [-0.3, -0.25) is 4.79 Å². The maximum Gasteiger partial charge on any atom is 0.270 e. The number of carbonyl (C=O) groups is 1. The van der Waals surface area contributed by atoms with Crippen LogP contribution in [0.5, 0.6) is 0 Å². The normalized spacial score (nSPS) is 16.8. The van der Waals surface area contributed by atoms with Gasteiger partial charge in [-0.15, -0.1) is 0 Å². The second-order valence-corrected chi connectivity index (χ2v) is 6.54. The van der Waals surface area contributed by atoms with Crippen molar-refractivity contribution in [1.29, 1.82) is 0 Å². The predicted octanol–water partition coefficient (Wildman–Crippen LogP) is 3.25. The van der Waals surface area contributed by atoms with Crippen LogP contribution in [0.15, 0.2) is 36.7 Å². The van der Waals surface area contributed by atoms with E-state index < -0.39 is 0 Å². The van der Waals surface area contributed by atoms with Crippen LogP contribution in [0, 0.1) is 0 Å². The lowest BCUT2D eigenvalue weighted by Gasteiger charge is -2.11. The zero-order valence-electron chi connectivity index (χ0n) is 14.7. The minimum Gasteiger partial charge on any atom is -0.376 e. The summed E-state index contributed by atoms with van der Waals surface area (Å²) in [7, 11) is 0. The molecule has 0 saturated carbocycles. The third-order valence-corrected chi connectivity index (χ3v) is 4.26. The second kappa shape index (κ2) is 8.07. The van der Waals surface area contributed by atoms with Crippen molar-refractivity contribution in [1.82, 2.24) is 15.3 Å². The highest BCUT2D eigenvalue weighted by Gasteiger charge is 2.17. The van der Waals surface area contributed by atoms with E-state index in [1.165, 1.54) is 11.9 Å². The van der Waals surface area contributed by atoms with E-state index in [0.717, 1.165) is 25.1 Å². The molecule has 6 heteroatoms. The van der Waals surface area contributed by atoms with Crippen molar-refractivity contribution < 1.29 is 9.53 Å². The Labute approximate surface area is 148 Å². The van der Waals surface area contributed by atoms with Crippen LogP contribution < -0.4 is 10.6 Å². The molecule has 6 nitrogen and oxygen atoms in total. The van der Waals surface area contributed by atoms with E-state index in [0.29, 0.717) is 24.0 Å². The van der Waals surface area contributed by atoms with E-state index >= 15 is 0 Å². The van der Waals surface area contributed by atoms with Gasteiger partial charge < -0.3 is 15.4 Å². The highest BCUT2D eigenvalue weighted by atomic mass is 16.5. The number of benzene rings is 1. The third kappa shape index (κ3) is 4.76. The Hall–Kier alpha value is -2.47.